The Hall–Kier alpha value is -2.19. The molecular formula is C31H45N3O8S. The molecule has 2 aliphatic carbocycles. The van der Waals surface area contributed by atoms with Crippen LogP contribution in [0, 0.1) is 11.8 Å². The zero-order valence-electron chi connectivity index (χ0n) is 25.5. The fourth-order valence-electron chi connectivity index (χ4n) is 6.26. The second kappa shape index (κ2) is 14.7. The van der Waals surface area contributed by atoms with E-state index < -0.39 is 6.09 Å². The smallest absolute Gasteiger partial charge is 0.413 e. The molecule has 2 fully saturated rings. The van der Waals surface area contributed by atoms with Crippen molar-refractivity contribution in [1.82, 2.24) is 9.88 Å². The summed E-state index contributed by atoms with van der Waals surface area (Å²) < 4.78 is 27.6. The zero-order chi connectivity index (χ0) is 30.4. The first-order valence-corrected chi connectivity index (χ1v) is 16.2. The average Bonchev–Trinajstić information content (AvgIpc) is 3.71. The molecule has 1 saturated heterocycles. The van der Waals surface area contributed by atoms with Crippen LogP contribution in [0.15, 0.2) is 12.1 Å². The van der Waals surface area contributed by atoms with Gasteiger partial charge in [0.05, 0.1) is 82.3 Å². The number of Topliss-reactive ketones (excluding diaryl/α,β-unsaturated/α-hetero) is 1. The van der Waals surface area contributed by atoms with Crippen molar-refractivity contribution in [2.45, 2.75) is 44.6 Å². The summed E-state index contributed by atoms with van der Waals surface area (Å²) >= 11 is 1.30. The summed E-state index contributed by atoms with van der Waals surface area (Å²) in [5, 5.41) is 10.3. The van der Waals surface area contributed by atoms with Crippen LogP contribution < -0.4 is 4.90 Å². The second-order valence-electron chi connectivity index (χ2n) is 11.9. The van der Waals surface area contributed by atoms with Gasteiger partial charge < -0.3 is 28.8 Å². The van der Waals surface area contributed by atoms with Crippen LogP contribution >= 0.6 is 11.3 Å². The first kappa shape index (κ1) is 32.2. The predicted octanol–water partition coefficient (Wildman–Crippen LogP) is 4.07. The van der Waals surface area contributed by atoms with Crippen molar-refractivity contribution in [3.05, 3.63) is 23.3 Å². The van der Waals surface area contributed by atoms with Gasteiger partial charge in [0.1, 0.15) is 0 Å². The number of benzene rings is 1. The number of carbonyl (C=O) groups excluding carboxylic acids is 1. The number of nitrogens with zero attached hydrogens (tertiary/aromatic N) is 3. The predicted molar refractivity (Wildman–Crippen MR) is 164 cm³/mol. The van der Waals surface area contributed by atoms with E-state index in [2.05, 4.69) is 18.7 Å². The van der Waals surface area contributed by atoms with Gasteiger partial charge in [-0.1, -0.05) is 25.2 Å². The van der Waals surface area contributed by atoms with Gasteiger partial charge in [-0.05, 0) is 60.8 Å². The van der Waals surface area contributed by atoms with Gasteiger partial charge in [-0.3, -0.25) is 14.6 Å². The lowest BCUT2D eigenvalue weighted by molar-refractivity contribution is -0.00721. The van der Waals surface area contributed by atoms with Crippen LogP contribution in [0.5, 0.6) is 0 Å². The highest BCUT2D eigenvalue weighted by atomic mass is 32.1. The summed E-state index contributed by atoms with van der Waals surface area (Å²) in [4.78, 5) is 34.3. The Kier molecular flexibility index (Phi) is 11.0. The summed E-state index contributed by atoms with van der Waals surface area (Å²) in [5.74, 6) is 1.14. The van der Waals surface area contributed by atoms with Crippen molar-refractivity contribution in [1.29, 1.82) is 0 Å². The molecule has 0 radical (unpaired) electrons. The number of thiazole rings is 1. The number of likely N-dealkylation sites (tertiary alicyclic amines) is 1. The van der Waals surface area contributed by atoms with Crippen molar-refractivity contribution >= 4 is 38.6 Å². The minimum absolute atomic E-state index is 0.0910. The molecule has 2 aromatic rings. The zero-order valence-corrected chi connectivity index (χ0v) is 26.4. The van der Waals surface area contributed by atoms with E-state index in [4.69, 9.17) is 28.7 Å². The number of methoxy groups -OCH3 is 1. The lowest BCUT2D eigenvalue weighted by Crippen LogP contribution is -2.61. The maximum atomic E-state index is 13.8. The molecule has 12 heteroatoms. The molecule has 1 saturated carbocycles. The Morgan fingerprint density at radius 1 is 1.05 bits per heavy atom. The standard InChI is InChI=1S/C31H45N3O8S/c1-21-27-28(35)23-18-26-25(19-24(23)31(21,2)6-7-33(27)20-22-4-5-22)32-29(43-26)34(30(36)37)8-9-39-12-13-41-16-17-42-15-14-40-11-10-38-3/h18-19,21-22,27H,4-17,20H2,1-3H3,(H,36,37)/t21-,27-,31+/m0/s1. The van der Waals surface area contributed by atoms with E-state index >= 15 is 0 Å². The Bertz CT molecular complexity index is 1250. The van der Waals surface area contributed by atoms with E-state index in [9.17, 15) is 14.7 Å². The van der Waals surface area contributed by atoms with Crippen molar-refractivity contribution in [2.75, 3.05) is 91.1 Å². The Labute approximate surface area is 257 Å². The quantitative estimate of drug-likeness (QED) is 0.245. The van der Waals surface area contributed by atoms with Crippen LogP contribution in [0.25, 0.3) is 10.2 Å². The highest BCUT2D eigenvalue weighted by Gasteiger charge is 2.53. The minimum Gasteiger partial charge on any atom is -0.465 e. The molecule has 3 atom stereocenters. The number of amides is 1. The fraction of sp³-hybridized carbons (Fsp3) is 0.710. The lowest BCUT2D eigenvalue weighted by Gasteiger charge is -2.53. The SMILES string of the molecule is COCCOCCOCCOCCOCCN(C(=O)O)c1nc2cc3c(cc2s1)C(=O)[C@@H]1[C@H](C)[C@@]3(C)CCN1CC1CC1. The molecular weight excluding hydrogens is 574 g/mol. The largest absolute Gasteiger partial charge is 0.465 e. The molecule has 2 heterocycles. The van der Waals surface area contributed by atoms with Crippen LogP contribution in [-0.2, 0) is 29.1 Å². The summed E-state index contributed by atoms with van der Waals surface area (Å²) in [5.41, 5.74) is 2.46. The van der Waals surface area contributed by atoms with Crippen LogP contribution in [0.2, 0.25) is 0 Å². The second-order valence-corrected chi connectivity index (χ2v) is 13.0. The third kappa shape index (κ3) is 7.55. The third-order valence-electron chi connectivity index (χ3n) is 9.11. The number of ether oxygens (including phenoxy) is 5. The van der Waals surface area contributed by atoms with E-state index in [1.54, 1.807) is 7.11 Å². The monoisotopic (exact) mass is 619 g/mol. The number of hydrogen-bond donors (Lipinski definition) is 1. The summed E-state index contributed by atoms with van der Waals surface area (Å²) in [6, 6.07) is 3.90. The average molecular weight is 620 g/mol. The normalized spacial score (nSPS) is 23.6. The van der Waals surface area contributed by atoms with E-state index in [1.807, 2.05) is 12.1 Å². The van der Waals surface area contributed by atoms with Crippen LogP contribution in [0.1, 0.15) is 49.0 Å². The van der Waals surface area contributed by atoms with Crippen LogP contribution in [-0.4, -0.2) is 119 Å². The molecule has 43 heavy (non-hydrogen) atoms. The van der Waals surface area contributed by atoms with Crippen LogP contribution in [0.3, 0.4) is 0 Å². The minimum atomic E-state index is -1.09. The Balaban J connectivity index is 1.13. The Morgan fingerprint density at radius 2 is 1.67 bits per heavy atom. The number of anilines is 1. The maximum absolute atomic E-state index is 13.8. The molecule has 1 aliphatic heterocycles. The fourth-order valence-corrected chi connectivity index (χ4v) is 7.27. The molecule has 1 aromatic carbocycles. The van der Waals surface area contributed by atoms with Crippen molar-refractivity contribution in [2.24, 2.45) is 11.8 Å². The van der Waals surface area contributed by atoms with Gasteiger partial charge in [-0.2, -0.15) is 0 Å². The Morgan fingerprint density at radius 3 is 2.28 bits per heavy atom. The van der Waals surface area contributed by atoms with Crippen LogP contribution in [0.4, 0.5) is 9.93 Å². The number of carbonyl (C=O) groups is 2. The van der Waals surface area contributed by atoms with E-state index in [0.29, 0.717) is 58.0 Å². The van der Waals surface area contributed by atoms with E-state index in [1.165, 1.54) is 29.1 Å². The molecule has 0 unspecified atom stereocenters. The number of rotatable bonds is 18. The molecule has 1 aromatic heterocycles. The van der Waals surface area contributed by atoms with Gasteiger partial charge in [-0.25, -0.2) is 9.78 Å². The third-order valence-corrected chi connectivity index (χ3v) is 10.2. The summed E-state index contributed by atoms with van der Waals surface area (Å²) in [7, 11) is 1.63. The summed E-state index contributed by atoms with van der Waals surface area (Å²) in [6.07, 6.45) is 2.45. The molecule has 0 spiro atoms. The maximum Gasteiger partial charge on any atom is 0.413 e. The van der Waals surface area contributed by atoms with Gasteiger partial charge in [0, 0.05) is 19.2 Å². The van der Waals surface area contributed by atoms with Gasteiger partial charge in [-0.15, -0.1) is 0 Å². The molecule has 5 rings (SSSR count). The highest BCUT2D eigenvalue weighted by Crippen LogP contribution is 2.50. The van der Waals surface area contributed by atoms with Gasteiger partial charge in [0.2, 0.25) is 0 Å². The first-order valence-electron chi connectivity index (χ1n) is 15.4. The molecule has 238 valence electrons. The number of fused-ring (bicyclic) bond motifs is 5. The van der Waals surface area contributed by atoms with Crippen molar-refractivity contribution in [3.8, 4) is 0 Å². The van der Waals surface area contributed by atoms with Gasteiger partial charge in [0.15, 0.2) is 10.9 Å². The highest BCUT2D eigenvalue weighted by molar-refractivity contribution is 7.22. The number of ketones is 1. The van der Waals surface area contributed by atoms with Crippen molar-refractivity contribution < 1.29 is 38.4 Å². The molecule has 11 nitrogen and oxygen atoms in total. The number of aromatic nitrogens is 1. The number of hydrogen-bond acceptors (Lipinski definition) is 10. The van der Waals surface area contributed by atoms with Gasteiger partial charge >= 0.3 is 6.09 Å². The molecule has 2 bridgehead atoms. The first-order chi connectivity index (χ1) is 20.8. The molecule has 1 amide bonds. The van der Waals surface area contributed by atoms with E-state index in [-0.39, 0.29) is 36.3 Å². The molecule has 3 aliphatic rings. The molecule has 1 N–H and O–H groups in total. The van der Waals surface area contributed by atoms with Gasteiger partial charge in [0.25, 0.3) is 0 Å². The van der Waals surface area contributed by atoms with Crippen molar-refractivity contribution in [3.63, 3.8) is 0 Å². The number of carboxylic acid groups (broad SMARTS) is 1. The van der Waals surface area contributed by atoms with E-state index in [0.717, 1.165) is 46.8 Å². The summed E-state index contributed by atoms with van der Waals surface area (Å²) in [6.45, 7) is 10.6. The number of piperidine rings is 1. The lowest BCUT2D eigenvalue weighted by atomic mass is 9.58. The topological polar surface area (TPSA) is 120 Å².